The van der Waals surface area contributed by atoms with Crippen molar-refractivity contribution in [1.82, 2.24) is 9.97 Å². The van der Waals surface area contributed by atoms with E-state index in [2.05, 4.69) is 16.0 Å². The quantitative estimate of drug-likeness (QED) is 0.705. The third-order valence-electron chi connectivity index (χ3n) is 2.53. The summed E-state index contributed by atoms with van der Waals surface area (Å²) in [5, 5.41) is 18.4. The Bertz CT molecular complexity index is 611. The van der Waals surface area contributed by atoms with Gasteiger partial charge in [0.2, 0.25) is 0 Å². The summed E-state index contributed by atoms with van der Waals surface area (Å²) in [5.74, 6) is -1.07. The maximum absolute atomic E-state index is 10.7. The second kappa shape index (κ2) is 4.23. The van der Waals surface area contributed by atoms with E-state index in [1.807, 2.05) is 0 Å². The number of nitriles is 1. The Morgan fingerprint density at radius 1 is 1.71 bits per heavy atom. The predicted molar refractivity (Wildman–Crippen MR) is 60.1 cm³/mol. The fourth-order valence-corrected chi connectivity index (χ4v) is 1.70. The molecule has 6 heteroatoms. The summed E-state index contributed by atoms with van der Waals surface area (Å²) in [6.45, 7) is 0. The Morgan fingerprint density at radius 2 is 2.47 bits per heavy atom. The molecule has 0 aromatic carbocycles. The van der Waals surface area contributed by atoms with E-state index in [0.717, 1.165) is 0 Å². The second-order valence-corrected chi connectivity index (χ2v) is 3.66. The largest absolute Gasteiger partial charge is 0.480 e. The van der Waals surface area contributed by atoms with Gasteiger partial charge in [-0.3, -0.25) is 4.79 Å². The summed E-state index contributed by atoms with van der Waals surface area (Å²) in [6, 6.07) is 2.65. The van der Waals surface area contributed by atoms with Crippen LogP contribution in [0.15, 0.2) is 18.5 Å². The number of H-pyrrole nitrogens is 1. The van der Waals surface area contributed by atoms with Gasteiger partial charge in [0.25, 0.3) is 0 Å². The lowest BCUT2D eigenvalue weighted by atomic mass is 10.0. The Hall–Kier alpha value is -2.39. The summed E-state index contributed by atoms with van der Waals surface area (Å²) in [7, 11) is 0. The lowest BCUT2D eigenvalue weighted by Crippen LogP contribution is -2.32. The van der Waals surface area contributed by atoms with Crippen molar-refractivity contribution in [3.8, 4) is 6.07 Å². The van der Waals surface area contributed by atoms with Crippen molar-refractivity contribution in [1.29, 1.82) is 5.26 Å². The number of aliphatic carboxylic acids is 1. The number of fused-ring (bicyclic) bond motifs is 1. The maximum Gasteiger partial charge on any atom is 0.320 e. The van der Waals surface area contributed by atoms with Gasteiger partial charge in [-0.15, -0.1) is 0 Å². The van der Waals surface area contributed by atoms with E-state index in [0.29, 0.717) is 22.2 Å². The number of pyridine rings is 1. The number of carboxylic acids is 1. The number of nitrogens with zero attached hydrogens (tertiary/aromatic N) is 2. The number of nitrogens with two attached hydrogens (primary N) is 1. The smallest absolute Gasteiger partial charge is 0.320 e. The highest BCUT2D eigenvalue weighted by Gasteiger charge is 2.16. The Balaban J connectivity index is 2.49. The molecule has 6 nitrogen and oxygen atoms in total. The molecule has 0 amide bonds. The number of hydrogen-bond donors (Lipinski definition) is 3. The van der Waals surface area contributed by atoms with Crippen molar-refractivity contribution in [2.24, 2.45) is 5.73 Å². The van der Waals surface area contributed by atoms with Crippen LogP contribution in [0.3, 0.4) is 0 Å². The average molecular weight is 230 g/mol. The lowest BCUT2D eigenvalue weighted by molar-refractivity contribution is -0.138. The van der Waals surface area contributed by atoms with E-state index in [9.17, 15) is 4.79 Å². The van der Waals surface area contributed by atoms with Crippen molar-refractivity contribution < 1.29 is 9.90 Å². The first kappa shape index (κ1) is 11.1. The van der Waals surface area contributed by atoms with Crippen molar-refractivity contribution >= 4 is 17.0 Å². The maximum atomic E-state index is 10.7. The van der Waals surface area contributed by atoms with Crippen LogP contribution in [-0.4, -0.2) is 27.1 Å². The summed E-state index contributed by atoms with van der Waals surface area (Å²) < 4.78 is 0. The van der Waals surface area contributed by atoms with Crippen LogP contribution >= 0.6 is 0 Å². The second-order valence-electron chi connectivity index (χ2n) is 3.66. The highest BCUT2D eigenvalue weighted by molar-refractivity contribution is 5.86. The van der Waals surface area contributed by atoms with Crippen LogP contribution in [0.5, 0.6) is 0 Å². The molecule has 0 bridgehead atoms. The molecule has 1 atom stereocenters. The topological polar surface area (TPSA) is 116 Å². The Morgan fingerprint density at radius 3 is 3.12 bits per heavy atom. The molecular formula is C11H10N4O2. The molecule has 0 aliphatic heterocycles. The molecule has 1 unspecified atom stereocenters. The third-order valence-corrected chi connectivity index (χ3v) is 2.53. The molecule has 0 spiro atoms. The molecule has 0 aliphatic rings. The van der Waals surface area contributed by atoms with Gasteiger partial charge in [-0.2, -0.15) is 5.26 Å². The number of carbonyl (C=O) groups is 1. The molecule has 0 saturated heterocycles. The van der Waals surface area contributed by atoms with E-state index in [1.54, 1.807) is 12.3 Å². The zero-order chi connectivity index (χ0) is 12.4. The van der Waals surface area contributed by atoms with Crippen molar-refractivity contribution in [3.05, 3.63) is 29.6 Å². The van der Waals surface area contributed by atoms with Gasteiger partial charge < -0.3 is 15.8 Å². The first-order valence-corrected chi connectivity index (χ1v) is 4.97. The standard InChI is InChI=1S/C11H10N4O2/c12-4-6-1-2-14-10-9(6)7(5-15-10)3-8(13)11(16)17/h1-2,5,8H,3,13H2,(H,14,15)(H,16,17). The van der Waals surface area contributed by atoms with Crippen LogP contribution in [0.1, 0.15) is 11.1 Å². The van der Waals surface area contributed by atoms with Gasteiger partial charge in [-0.05, 0) is 11.6 Å². The molecule has 0 radical (unpaired) electrons. The van der Waals surface area contributed by atoms with Crippen LogP contribution in [0.25, 0.3) is 11.0 Å². The molecule has 86 valence electrons. The summed E-state index contributed by atoms with van der Waals surface area (Å²) in [6.07, 6.45) is 3.33. The minimum absolute atomic E-state index is 0.162. The molecule has 0 aliphatic carbocycles. The van der Waals surface area contributed by atoms with Crippen LogP contribution in [0.2, 0.25) is 0 Å². The molecule has 0 fully saturated rings. The van der Waals surface area contributed by atoms with Crippen LogP contribution in [-0.2, 0) is 11.2 Å². The van der Waals surface area contributed by atoms with Gasteiger partial charge in [0.1, 0.15) is 11.7 Å². The third kappa shape index (κ3) is 1.96. The lowest BCUT2D eigenvalue weighted by Gasteiger charge is -2.05. The zero-order valence-electron chi connectivity index (χ0n) is 8.84. The fraction of sp³-hybridized carbons (Fsp3) is 0.182. The number of aromatic nitrogens is 2. The van der Waals surface area contributed by atoms with Gasteiger partial charge in [0.05, 0.1) is 11.6 Å². The van der Waals surface area contributed by atoms with Gasteiger partial charge in [-0.1, -0.05) is 0 Å². The van der Waals surface area contributed by atoms with E-state index in [1.165, 1.54) is 6.20 Å². The zero-order valence-corrected chi connectivity index (χ0v) is 8.84. The van der Waals surface area contributed by atoms with Gasteiger partial charge in [0, 0.05) is 24.2 Å². The summed E-state index contributed by atoms with van der Waals surface area (Å²) in [4.78, 5) is 17.7. The van der Waals surface area contributed by atoms with Crippen LogP contribution in [0.4, 0.5) is 0 Å². The normalized spacial score (nSPS) is 12.2. The van der Waals surface area contributed by atoms with Crippen LogP contribution < -0.4 is 5.73 Å². The average Bonchev–Trinajstić information content (AvgIpc) is 2.72. The number of carboxylic acid groups (broad SMARTS) is 1. The highest BCUT2D eigenvalue weighted by Crippen LogP contribution is 2.21. The molecule has 4 N–H and O–H groups in total. The molecular weight excluding hydrogens is 220 g/mol. The Kier molecular flexibility index (Phi) is 2.77. The molecule has 2 aromatic heterocycles. The van der Waals surface area contributed by atoms with Gasteiger partial charge in [-0.25, -0.2) is 4.98 Å². The van der Waals surface area contributed by atoms with Gasteiger partial charge in [0.15, 0.2) is 0 Å². The molecule has 17 heavy (non-hydrogen) atoms. The number of rotatable bonds is 3. The SMILES string of the molecule is N#Cc1ccnc2[nH]cc(CC(N)C(=O)O)c12. The summed E-state index contributed by atoms with van der Waals surface area (Å²) in [5.41, 5.74) is 7.20. The molecule has 2 aromatic rings. The van der Waals surface area contributed by atoms with Crippen LogP contribution in [0, 0.1) is 11.3 Å². The van der Waals surface area contributed by atoms with E-state index >= 15 is 0 Å². The number of nitrogens with one attached hydrogen (secondary N) is 1. The monoisotopic (exact) mass is 230 g/mol. The van der Waals surface area contributed by atoms with E-state index in [-0.39, 0.29) is 6.42 Å². The van der Waals surface area contributed by atoms with Crippen molar-refractivity contribution in [2.75, 3.05) is 0 Å². The highest BCUT2D eigenvalue weighted by atomic mass is 16.4. The molecule has 2 rings (SSSR count). The minimum Gasteiger partial charge on any atom is -0.480 e. The minimum atomic E-state index is -1.07. The van der Waals surface area contributed by atoms with Crippen molar-refractivity contribution in [3.63, 3.8) is 0 Å². The van der Waals surface area contributed by atoms with E-state index in [4.69, 9.17) is 16.1 Å². The first-order valence-electron chi connectivity index (χ1n) is 4.97. The predicted octanol–water partition coefficient (Wildman–Crippen LogP) is 0.389. The number of hydrogen-bond acceptors (Lipinski definition) is 4. The van der Waals surface area contributed by atoms with E-state index < -0.39 is 12.0 Å². The Labute approximate surface area is 96.7 Å². The number of aromatic amines is 1. The van der Waals surface area contributed by atoms with Crippen molar-refractivity contribution in [2.45, 2.75) is 12.5 Å². The van der Waals surface area contributed by atoms with Gasteiger partial charge >= 0.3 is 5.97 Å². The first-order chi connectivity index (χ1) is 8.13. The summed E-state index contributed by atoms with van der Waals surface area (Å²) >= 11 is 0. The molecule has 2 heterocycles. The molecule has 0 saturated carbocycles. The fourth-order valence-electron chi connectivity index (χ4n) is 1.70.